The molecule has 2 saturated heterocycles. The van der Waals surface area contributed by atoms with E-state index in [0.29, 0.717) is 5.65 Å². The van der Waals surface area contributed by atoms with Gasteiger partial charge in [-0.3, -0.25) is 4.84 Å². The van der Waals surface area contributed by atoms with E-state index < -0.39 is 0 Å². The minimum absolute atomic E-state index is 0.666. The zero-order valence-corrected chi connectivity index (χ0v) is 13.4. The molecule has 122 valence electrons. The Morgan fingerprint density at radius 1 is 1.04 bits per heavy atom. The predicted octanol–water partition coefficient (Wildman–Crippen LogP) is 1.29. The summed E-state index contributed by atoms with van der Waals surface area (Å²) in [5, 5.41) is 8.27. The highest BCUT2D eigenvalue weighted by Crippen LogP contribution is 2.13. The van der Waals surface area contributed by atoms with Crippen LogP contribution in [0.25, 0.3) is 11.2 Å². The van der Waals surface area contributed by atoms with Gasteiger partial charge in [0.05, 0.1) is 26.2 Å². The van der Waals surface area contributed by atoms with Gasteiger partial charge >= 0.3 is 6.02 Å². The molecule has 4 rings (SSSR count). The molecular weight excluding hydrogens is 292 g/mol. The SMILES string of the molecule is c1cnc2c(c1)nnn2OC(N1CCCCC1)=[N+]1CCCCC1. The van der Waals surface area contributed by atoms with Crippen molar-refractivity contribution in [1.82, 2.24) is 25.0 Å². The second kappa shape index (κ2) is 6.52. The van der Waals surface area contributed by atoms with Crippen LogP contribution >= 0.6 is 0 Å². The molecule has 0 unspecified atom stereocenters. The van der Waals surface area contributed by atoms with Gasteiger partial charge in [-0.1, -0.05) is 0 Å². The van der Waals surface area contributed by atoms with Gasteiger partial charge in [0.15, 0.2) is 0 Å². The number of aromatic nitrogens is 4. The van der Waals surface area contributed by atoms with E-state index in [2.05, 4.69) is 24.8 Å². The fourth-order valence-electron chi connectivity index (χ4n) is 3.37. The minimum atomic E-state index is 0.666. The van der Waals surface area contributed by atoms with E-state index >= 15 is 0 Å². The fourth-order valence-corrected chi connectivity index (χ4v) is 3.37. The van der Waals surface area contributed by atoms with Gasteiger partial charge in [0.1, 0.15) is 5.52 Å². The Bertz CT molecular complexity index is 695. The van der Waals surface area contributed by atoms with Gasteiger partial charge in [-0.2, -0.15) is 0 Å². The van der Waals surface area contributed by atoms with Crippen LogP contribution in [0, 0.1) is 0 Å². The molecule has 2 fully saturated rings. The number of rotatable bonds is 1. The molecule has 0 aliphatic carbocycles. The number of piperidine rings is 2. The topological polar surface area (TPSA) is 59.1 Å². The highest BCUT2D eigenvalue weighted by atomic mass is 16.7. The molecule has 23 heavy (non-hydrogen) atoms. The maximum Gasteiger partial charge on any atom is 0.472 e. The Morgan fingerprint density at radius 2 is 1.83 bits per heavy atom. The summed E-state index contributed by atoms with van der Waals surface area (Å²) in [6, 6.07) is 4.68. The van der Waals surface area contributed by atoms with Gasteiger partial charge in [0.25, 0.3) is 0 Å². The molecule has 4 heterocycles. The quantitative estimate of drug-likeness (QED) is 0.586. The average molecular weight is 315 g/mol. The first-order valence-electron chi connectivity index (χ1n) is 8.63. The van der Waals surface area contributed by atoms with E-state index in [-0.39, 0.29) is 0 Å². The molecule has 0 saturated carbocycles. The van der Waals surface area contributed by atoms with E-state index in [1.807, 2.05) is 12.1 Å². The number of amidine groups is 1. The molecule has 2 aromatic heterocycles. The van der Waals surface area contributed by atoms with Crippen LogP contribution in [0.5, 0.6) is 0 Å². The Labute approximate surface area is 135 Å². The van der Waals surface area contributed by atoms with Crippen molar-refractivity contribution in [1.29, 1.82) is 0 Å². The third-order valence-corrected chi connectivity index (χ3v) is 4.60. The Hall–Kier alpha value is -2.18. The van der Waals surface area contributed by atoms with E-state index in [0.717, 1.165) is 37.7 Å². The number of likely N-dealkylation sites (tertiary alicyclic amines) is 1. The van der Waals surface area contributed by atoms with Gasteiger partial charge < -0.3 is 0 Å². The van der Waals surface area contributed by atoms with Crippen molar-refractivity contribution in [2.75, 3.05) is 26.2 Å². The Morgan fingerprint density at radius 3 is 2.65 bits per heavy atom. The smallest absolute Gasteiger partial charge is 0.277 e. The highest BCUT2D eigenvalue weighted by molar-refractivity contribution is 5.72. The summed E-state index contributed by atoms with van der Waals surface area (Å²) in [5.41, 5.74) is 1.42. The summed E-state index contributed by atoms with van der Waals surface area (Å²) < 4.78 is 2.35. The van der Waals surface area contributed by atoms with Gasteiger partial charge in [-0.05, 0) is 60.7 Å². The van der Waals surface area contributed by atoms with Gasteiger partial charge in [-0.15, -0.1) is 5.10 Å². The largest absolute Gasteiger partial charge is 0.472 e. The normalized spacial score (nSPS) is 19.1. The van der Waals surface area contributed by atoms with Crippen molar-refractivity contribution in [3.63, 3.8) is 0 Å². The molecule has 0 atom stereocenters. The molecule has 2 aliphatic heterocycles. The van der Waals surface area contributed by atoms with Gasteiger partial charge in [-0.25, -0.2) is 14.5 Å². The Kier molecular flexibility index (Phi) is 4.08. The lowest BCUT2D eigenvalue weighted by Gasteiger charge is -2.25. The minimum Gasteiger partial charge on any atom is -0.277 e. The lowest BCUT2D eigenvalue weighted by molar-refractivity contribution is -0.550. The summed E-state index contributed by atoms with van der Waals surface area (Å²) in [6.07, 6.45) is 9.23. The molecule has 7 heteroatoms. The zero-order chi connectivity index (χ0) is 15.5. The lowest BCUT2D eigenvalue weighted by Crippen LogP contribution is -2.48. The van der Waals surface area contributed by atoms with Crippen molar-refractivity contribution >= 4 is 17.2 Å². The predicted molar refractivity (Wildman–Crippen MR) is 86.2 cm³/mol. The molecule has 0 amide bonds. The van der Waals surface area contributed by atoms with Crippen LogP contribution in [0.3, 0.4) is 0 Å². The molecule has 2 aliphatic rings. The van der Waals surface area contributed by atoms with E-state index in [1.54, 1.807) is 6.20 Å². The van der Waals surface area contributed by atoms with Crippen LogP contribution in [0.1, 0.15) is 38.5 Å². The van der Waals surface area contributed by atoms with Crippen LogP contribution in [0.2, 0.25) is 0 Å². The van der Waals surface area contributed by atoms with E-state index in [4.69, 9.17) is 4.84 Å². The zero-order valence-electron chi connectivity index (χ0n) is 13.4. The van der Waals surface area contributed by atoms with Crippen LogP contribution in [-0.2, 0) is 0 Å². The molecule has 0 aromatic carbocycles. The number of nitrogens with zero attached hydrogens (tertiary/aromatic N) is 6. The summed E-state index contributed by atoms with van der Waals surface area (Å²) in [6.45, 7) is 4.19. The highest BCUT2D eigenvalue weighted by Gasteiger charge is 2.30. The average Bonchev–Trinajstić information content (AvgIpc) is 3.04. The molecular formula is C16H23N6O+. The van der Waals surface area contributed by atoms with Crippen molar-refractivity contribution in [2.24, 2.45) is 0 Å². The van der Waals surface area contributed by atoms with Crippen LogP contribution < -0.4 is 4.84 Å². The molecule has 0 N–H and O–H groups in total. The number of hydrogen-bond acceptors (Lipinski definition) is 4. The summed E-state index contributed by atoms with van der Waals surface area (Å²) in [7, 11) is 0. The molecule has 0 radical (unpaired) electrons. The van der Waals surface area contributed by atoms with Crippen molar-refractivity contribution < 1.29 is 9.41 Å². The Balaban J connectivity index is 1.67. The first-order chi connectivity index (χ1) is 11.4. The van der Waals surface area contributed by atoms with Crippen LogP contribution in [-0.4, -0.2) is 61.8 Å². The summed E-state index contributed by atoms with van der Waals surface area (Å²) in [5.74, 6) is 0. The maximum absolute atomic E-state index is 6.20. The summed E-state index contributed by atoms with van der Waals surface area (Å²) in [4.78, 5) is 14.4. The van der Waals surface area contributed by atoms with Crippen LogP contribution in [0.4, 0.5) is 0 Å². The third-order valence-electron chi connectivity index (χ3n) is 4.60. The number of pyridine rings is 1. The van der Waals surface area contributed by atoms with Crippen molar-refractivity contribution in [3.05, 3.63) is 18.3 Å². The van der Waals surface area contributed by atoms with E-state index in [1.165, 1.54) is 43.4 Å². The summed E-state index contributed by atoms with van der Waals surface area (Å²) >= 11 is 0. The van der Waals surface area contributed by atoms with Gasteiger partial charge in [0.2, 0.25) is 5.65 Å². The van der Waals surface area contributed by atoms with Gasteiger partial charge in [0, 0.05) is 6.20 Å². The second-order valence-electron chi connectivity index (χ2n) is 6.28. The standard InChI is InChI=1S/C16H23N6O/c1-3-10-20(11-4-1)16(21-12-5-2-6-13-21)23-22-15-14(18-19-22)8-7-9-17-15/h7-9H,1-6,10-13H2/q+1. The molecule has 0 bridgehead atoms. The van der Waals surface area contributed by atoms with Crippen molar-refractivity contribution in [2.45, 2.75) is 38.5 Å². The molecule has 0 spiro atoms. The number of hydrogen-bond donors (Lipinski definition) is 0. The first kappa shape index (κ1) is 14.4. The third kappa shape index (κ3) is 3.00. The first-order valence-corrected chi connectivity index (χ1v) is 8.63. The second-order valence-corrected chi connectivity index (χ2v) is 6.28. The maximum atomic E-state index is 6.20. The molecule has 2 aromatic rings. The monoisotopic (exact) mass is 315 g/mol. The van der Waals surface area contributed by atoms with E-state index in [9.17, 15) is 0 Å². The number of fused-ring (bicyclic) bond motifs is 1. The van der Waals surface area contributed by atoms with Crippen molar-refractivity contribution in [3.8, 4) is 0 Å². The molecule has 7 nitrogen and oxygen atoms in total. The van der Waals surface area contributed by atoms with Crippen LogP contribution in [0.15, 0.2) is 18.3 Å². The fraction of sp³-hybridized carbons (Fsp3) is 0.625. The lowest BCUT2D eigenvalue weighted by atomic mass is 10.1.